The first-order valence-electron chi connectivity index (χ1n) is 5.67. The number of pyridine rings is 1. The topological polar surface area (TPSA) is 12.9 Å². The van der Waals surface area contributed by atoms with Gasteiger partial charge in [-0.3, -0.25) is 4.98 Å². The molecule has 3 heteroatoms. The lowest BCUT2D eigenvalue weighted by Crippen LogP contribution is -1.98. The number of aryl methyl sites for hydroxylation is 2. The molecule has 0 radical (unpaired) electrons. The fraction of sp³-hybridized carbons (Fsp3) is 0.357. The Bertz CT molecular complexity index is 589. The van der Waals surface area contributed by atoms with Crippen LogP contribution in [-0.2, 0) is 0 Å². The third-order valence-electron chi connectivity index (χ3n) is 3.01. The highest BCUT2D eigenvalue weighted by molar-refractivity contribution is 6.37. The van der Waals surface area contributed by atoms with E-state index in [1.807, 2.05) is 26.0 Å². The number of fused-ring (bicyclic) bond motifs is 1. The quantitative estimate of drug-likeness (QED) is 0.685. The number of aromatic nitrogens is 1. The van der Waals surface area contributed by atoms with Crippen LogP contribution in [0.1, 0.15) is 36.6 Å². The van der Waals surface area contributed by atoms with Crippen molar-refractivity contribution in [3.63, 3.8) is 0 Å². The monoisotopic (exact) mass is 267 g/mol. The largest absolute Gasteiger partial charge is 0.253 e. The summed E-state index contributed by atoms with van der Waals surface area (Å²) in [5, 5.41) is 2.53. The maximum Gasteiger partial charge on any atom is 0.0735 e. The first-order chi connectivity index (χ1) is 7.91. The molecule has 0 N–H and O–H groups in total. The van der Waals surface area contributed by atoms with Gasteiger partial charge < -0.3 is 0 Å². The van der Waals surface area contributed by atoms with Gasteiger partial charge in [0.15, 0.2) is 0 Å². The molecule has 0 atom stereocenters. The Morgan fingerprint density at radius 2 is 1.76 bits per heavy atom. The normalized spacial score (nSPS) is 11.5. The molecule has 17 heavy (non-hydrogen) atoms. The van der Waals surface area contributed by atoms with Crippen LogP contribution in [0.5, 0.6) is 0 Å². The van der Waals surface area contributed by atoms with E-state index in [-0.39, 0.29) is 0 Å². The molecular weight excluding hydrogens is 253 g/mol. The molecular formula is C14H15Cl2N. The van der Waals surface area contributed by atoms with Gasteiger partial charge in [-0.05, 0) is 43.0 Å². The van der Waals surface area contributed by atoms with Gasteiger partial charge in [0, 0.05) is 16.1 Å². The summed E-state index contributed by atoms with van der Waals surface area (Å²) in [5.41, 5.74) is 4.01. The molecule has 0 aliphatic rings. The summed E-state index contributed by atoms with van der Waals surface area (Å²) in [6.45, 7) is 8.23. The molecule has 0 saturated heterocycles. The van der Waals surface area contributed by atoms with Crippen molar-refractivity contribution in [3.8, 4) is 0 Å². The lowest BCUT2D eigenvalue weighted by molar-refractivity contribution is 0.848. The lowest BCUT2D eigenvalue weighted by atomic mass is 9.99. The molecule has 0 bridgehead atoms. The van der Waals surface area contributed by atoms with Gasteiger partial charge in [0.25, 0.3) is 0 Å². The van der Waals surface area contributed by atoms with E-state index in [4.69, 9.17) is 23.2 Å². The second-order valence-electron chi connectivity index (χ2n) is 4.70. The highest BCUT2D eigenvalue weighted by atomic mass is 35.5. The molecule has 90 valence electrons. The van der Waals surface area contributed by atoms with E-state index in [0.717, 1.165) is 37.8 Å². The van der Waals surface area contributed by atoms with Crippen molar-refractivity contribution in [2.24, 2.45) is 0 Å². The third kappa shape index (κ3) is 2.14. The van der Waals surface area contributed by atoms with E-state index < -0.39 is 0 Å². The zero-order chi connectivity index (χ0) is 12.7. The van der Waals surface area contributed by atoms with Crippen molar-refractivity contribution >= 4 is 34.1 Å². The smallest absolute Gasteiger partial charge is 0.0735 e. The fourth-order valence-electron chi connectivity index (χ4n) is 2.16. The van der Waals surface area contributed by atoms with Gasteiger partial charge in [-0.15, -0.1) is 0 Å². The van der Waals surface area contributed by atoms with E-state index >= 15 is 0 Å². The predicted octanol–water partition coefficient (Wildman–Crippen LogP) is 5.28. The molecule has 1 aromatic heterocycles. The van der Waals surface area contributed by atoms with Crippen LogP contribution in [0.15, 0.2) is 12.1 Å². The molecule has 0 unspecified atom stereocenters. The zero-order valence-electron chi connectivity index (χ0n) is 10.4. The Labute approximate surface area is 112 Å². The van der Waals surface area contributed by atoms with Crippen molar-refractivity contribution in [3.05, 3.63) is 39.0 Å². The Balaban J connectivity index is 2.87. The average Bonchev–Trinajstić information content (AvgIpc) is 2.21. The number of hydrogen-bond donors (Lipinski definition) is 0. The van der Waals surface area contributed by atoms with Crippen molar-refractivity contribution in [2.45, 2.75) is 33.6 Å². The zero-order valence-corrected chi connectivity index (χ0v) is 11.9. The summed E-state index contributed by atoms with van der Waals surface area (Å²) in [7, 11) is 0. The number of hydrogen-bond acceptors (Lipinski definition) is 1. The first-order valence-corrected chi connectivity index (χ1v) is 6.43. The van der Waals surface area contributed by atoms with Gasteiger partial charge in [-0.25, -0.2) is 0 Å². The second kappa shape index (κ2) is 4.47. The summed E-state index contributed by atoms with van der Waals surface area (Å²) in [6, 6.07) is 3.90. The Morgan fingerprint density at radius 1 is 1.12 bits per heavy atom. The summed E-state index contributed by atoms with van der Waals surface area (Å²) in [4.78, 5) is 4.59. The van der Waals surface area contributed by atoms with Crippen molar-refractivity contribution in [2.75, 3.05) is 0 Å². The third-order valence-corrected chi connectivity index (χ3v) is 3.82. The van der Waals surface area contributed by atoms with Gasteiger partial charge >= 0.3 is 0 Å². The van der Waals surface area contributed by atoms with Crippen molar-refractivity contribution in [1.29, 1.82) is 0 Å². The minimum Gasteiger partial charge on any atom is -0.253 e. The van der Waals surface area contributed by atoms with Crippen molar-refractivity contribution < 1.29 is 0 Å². The number of nitrogens with zero attached hydrogens (tertiary/aromatic N) is 1. The van der Waals surface area contributed by atoms with Crippen LogP contribution in [0.4, 0.5) is 0 Å². The summed E-state index contributed by atoms with van der Waals surface area (Å²) in [5.74, 6) is 0.371. The van der Waals surface area contributed by atoms with E-state index in [1.165, 1.54) is 0 Å². The first kappa shape index (κ1) is 12.7. The maximum atomic E-state index is 6.48. The molecule has 2 rings (SSSR count). The number of rotatable bonds is 1. The molecule has 0 aliphatic heterocycles. The van der Waals surface area contributed by atoms with Crippen LogP contribution in [0.3, 0.4) is 0 Å². The standard InChI is InChI=1S/C14H15Cl2N/c1-7(2)13-9(4)17-12-6-11(15)8(3)5-10(12)14(13)16/h5-7H,1-4H3. The van der Waals surface area contributed by atoms with Crippen LogP contribution in [0.25, 0.3) is 10.9 Å². The fourth-order valence-corrected chi connectivity index (χ4v) is 2.82. The molecule has 2 aromatic rings. The molecule has 1 nitrogen and oxygen atoms in total. The van der Waals surface area contributed by atoms with E-state index in [2.05, 4.69) is 18.8 Å². The predicted molar refractivity (Wildman–Crippen MR) is 75.3 cm³/mol. The van der Waals surface area contributed by atoms with Crippen LogP contribution < -0.4 is 0 Å². The summed E-state index contributed by atoms with van der Waals surface area (Å²) in [6.07, 6.45) is 0. The Morgan fingerprint density at radius 3 is 2.35 bits per heavy atom. The van der Waals surface area contributed by atoms with Crippen LogP contribution in [0, 0.1) is 13.8 Å². The van der Waals surface area contributed by atoms with Crippen molar-refractivity contribution in [1.82, 2.24) is 4.98 Å². The average molecular weight is 268 g/mol. The highest BCUT2D eigenvalue weighted by Gasteiger charge is 2.14. The van der Waals surface area contributed by atoms with Gasteiger partial charge in [0.1, 0.15) is 0 Å². The molecule has 0 fully saturated rings. The van der Waals surface area contributed by atoms with Crippen LogP contribution >= 0.6 is 23.2 Å². The van der Waals surface area contributed by atoms with E-state index in [9.17, 15) is 0 Å². The Kier molecular flexibility index (Phi) is 3.33. The molecule has 1 aromatic carbocycles. The van der Waals surface area contributed by atoms with Crippen LogP contribution in [-0.4, -0.2) is 4.98 Å². The van der Waals surface area contributed by atoms with Gasteiger partial charge in [0.05, 0.1) is 10.5 Å². The molecule has 0 amide bonds. The van der Waals surface area contributed by atoms with E-state index in [0.29, 0.717) is 5.92 Å². The minimum absolute atomic E-state index is 0.371. The second-order valence-corrected chi connectivity index (χ2v) is 5.48. The number of benzene rings is 1. The molecule has 0 saturated carbocycles. The minimum atomic E-state index is 0.371. The molecule has 1 heterocycles. The Hall–Kier alpha value is -0.790. The van der Waals surface area contributed by atoms with Crippen LogP contribution in [0.2, 0.25) is 10.0 Å². The van der Waals surface area contributed by atoms with Gasteiger partial charge in [-0.2, -0.15) is 0 Å². The summed E-state index contributed by atoms with van der Waals surface area (Å²) >= 11 is 12.6. The number of halogens is 2. The molecule has 0 spiro atoms. The summed E-state index contributed by atoms with van der Waals surface area (Å²) < 4.78 is 0. The highest BCUT2D eigenvalue weighted by Crippen LogP contribution is 2.34. The molecule has 0 aliphatic carbocycles. The SMILES string of the molecule is Cc1cc2c(Cl)c(C(C)C)c(C)nc2cc1Cl. The van der Waals surface area contributed by atoms with Gasteiger partial charge in [-0.1, -0.05) is 37.0 Å². The van der Waals surface area contributed by atoms with E-state index in [1.54, 1.807) is 0 Å². The lowest BCUT2D eigenvalue weighted by Gasteiger charge is -2.14. The van der Waals surface area contributed by atoms with Gasteiger partial charge in [0.2, 0.25) is 0 Å². The maximum absolute atomic E-state index is 6.48.